The van der Waals surface area contributed by atoms with Crippen molar-refractivity contribution < 1.29 is 27.9 Å². The van der Waals surface area contributed by atoms with Crippen LogP contribution in [0.3, 0.4) is 0 Å². The summed E-state index contributed by atoms with van der Waals surface area (Å²) in [5.74, 6) is -1.21. The van der Waals surface area contributed by atoms with Crippen LogP contribution >= 0.6 is 11.3 Å². The van der Waals surface area contributed by atoms with Gasteiger partial charge in [-0.3, -0.25) is 4.79 Å². The number of hydrogen-bond acceptors (Lipinski definition) is 4. The highest BCUT2D eigenvalue weighted by molar-refractivity contribution is 7.19. The van der Waals surface area contributed by atoms with E-state index in [-0.39, 0.29) is 12.5 Å². The molecule has 0 saturated heterocycles. The average molecular weight is 476 g/mol. The second-order valence-electron chi connectivity index (χ2n) is 8.60. The number of thiophene rings is 1. The van der Waals surface area contributed by atoms with E-state index in [0.29, 0.717) is 16.8 Å². The van der Waals surface area contributed by atoms with Crippen LogP contribution in [0.15, 0.2) is 41.6 Å². The quantitative estimate of drug-likeness (QED) is 0.306. The van der Waals surface area contributed by atoms with Crippen LogP contribution in [0.5, 0.6) is 0 Å². The fourth-order valence-electron chi connectivity index (χ4n) is 4.41. The molecule has 1 atom stereocenters. The maximum atomic E-state index is 13.1. The first-order chi connectivity index (χ1) is 15.6. The van der Waals surface area contributed by atoms with Gasteiger partial charge in [-0.25, -0.2) is 0 Å². The van der Waals surface area contributed by atoms with Gasteiger partial charge in [0.2, 0.25) is 0 Å². The first-order valence-electron chi connectivity index (χ1n) is 10.7. The first kappa shape index (κ1) is 23.3. The summed E-state index contributed by atoms with van der Waals surface area (Å²) in [6.45, 7) is 5.94. The third-order valence-corrected chi connectivity index (χ3v) is 7.19. The van der Waals surface area contributed by atoms with Crippen LogP contribution < -0.4 is 0 Å². The number of aryl methyl sites for hydroxylation is 1. The van der Waals surface area contributed by atoms with Gasteiger partial charge in [0.05, 0.1) is 17.2 Å². The van der Waals surface area contributed by atoms with Gasteiger partial charge in [0, 0.05) is 9.58 Å². The smallest absolute Gasteiger partial charge is 0.416 e. The lowest BCUT2D eigenvalue weighted by Gasteiger charge is -2.10. The summed E-state index contributed by atoms with van der Waals surface area (Å²) in [5, 5.41) is 14.4. The van der Waals surface area contributed by atoms with Crippen molar-refractivity contribution in [1.29, 1.82) is 0 Å². The van der Waals surface area contributed by atoms with E-state index in [1.165, 1.54) is 23.5 Å². The number of rotatable bonds is 6. The second kappa shape index (κ2) is 8.82. The van der Waals surface area contributed by atoms with Crippen LogP contribution in [-0.2, 0) is 28.8 Å². The van der Waals surface area contributed by atoms with Gasteiger partial charge in [-0.05, 0) is 71.5 Å². The molecule has 3 aromatic rings. The normalized spacial score (nSPS) is 16.5. The Labute approximate surface area is 193 Å². The third kappa shape index (κ3) is 4.62. The van der Waals surface area contributed by atoms with Crippen molar-refractivity contribution in [2.24, 2.45) is 5.16 Å². The third-order valence-electron chi connectivity index (χ3n) is 6.05. The molecular weight excluding hydrogens is 451 g/mol. The minimum absolute atomic E-state index is 0.115. The molecule has 1 aliphatic carbocycles. The molecular formula is C25H24F3NO3S. The minimum Gasteiger partial charge on any atom is -0.481 e. The molecule has 33 heavy (non-hydrogen) atoms. The lowest BCUT2D eigenvalue weighted by Crippen LogP contribution is -2.08. The van der Waals surface area contributed by atoms with Gasteiger partial charge in [0.1, 0.15) is 0 Å². The number of halogens is 3. The molecule has 2 aromatic carbocycles. The molecule has 0 aliphatic heterocycles. The molecule has 8 heteroatoms. The summed E-state index contributed by atoms with van der Waals surface area (Å²) in [7, 11) is 0. The van der Waals surface area contributed by atoms with Crippen molar-refractivity contribution in [1.82, 2.24) is 0 Å². The average Bonchev–Trinajstić information content (AvgIpc) is 3.33. The summed E-state index contributed by atoms with van der Waals surface area (Å²) in [5.41, 5.74) is 3.58. The molecule has 1 aromatic heterocycles. The Kier molecular flexibility index (Phi) is 6.22. The van der Waals surface area contributed by atoms with E-state index in [2.05, 4.69) is 5.16 Å². The van der Waals surface area contributed by atoms with E-state index in [1.807, 2.05) is 32.0 Å². The summed E-state index contributed by atoms with van der Waals surface area (Å²) in [6, 6.07) is 9.54. The zero-order valence-corrected chi connectivity index (χ0v) is 19.3. The van der Waals surface area contributed by atoms with Crippen LogP contribution in [-0.4, -0.2) is 16.8 Å². The molecule has 1 unspecified atom stereocenters. The molecule has 0 bridgehead atoms. The fourth-order valence-corrected chi connectivity index (χ4v) is 5.71. The van der Waals surface area contributed by atoms with E-state index in [4.69, 9.17) is 4.84 Å². The number of nitrogens with zero attached hydrogens (tertiary/aromatic N) is 1. The first-order valence-corrected chi connectivity index (χ1v) is 11.5. The standard InChI is InChI=1S/C25H24F3NO3S/c1-13(2)23-19-9-7-17(25(26,27)28)11-21(19)33-22(23)12-32-29-14(3)16-5-4-15-6-8-18(24(30)31)20(15)10-16/h4-5,7,9-11,13,18H,6,8,12H2,1-3H3,(H,30,31). The van der Waals surface area contributed by atoms with Crippen molar-refractivity contribution in [3.05, 3.63) is 69.1 Å². The molecule has 174 valence electrons. The number of oxime groups is 1. The van der Waals surface area contributed by atoms with Gasteiger partial charge >= 0.3 is 12.1 Å². The molecule has 0 fully saturated rings. The highest BCUT2D eigenvalue weighted by Crippen LogP contribution is 2.40. The Bertz CT molecular complexity index is 1240. The van der Waals surface area contributed by atoms with E-state index < -0.39 is 23.6 Å². The van der Waals surface area contributed by atoms with E-state index in [9.17, 15) is 23.1 Å². The van der Waals surface area contributed by atoms with Gasteiger partial charge in [0.25, 0.3) is 0 Å². The number of fused-ring (bicyclic) bond motifs is 2. The number of alkyl halides is 3. The molecule has 4 rings (SSSR count). The maximum absolute atomic E-state index is 13.1. The second-order valence-corrected chi connectivity index (χ2v) is 9.73. The number of carbonyl (C=O) groups is 1. The minimum atomic E-state index is -4.39. The van der Waals surface area contributed by atoms with Crippen molar-refractivity contribution in [2.75, 3.05) is 0 Å². The summed E-state index contributed by atoms with van der Waals surface area (Å²) in [6.07, 6.45) is -3.04. The zero-order chi connectivity index (χ0) is 23.9. The van der Waals surface area contributed by atoms with Crippen LogP contribution in [0.4, 0.5) is 13.2 Å². The number of aliphatic carboxylic acids is 1. The zero-order valence-electron chi connectivity index (χ0n) is 18.5. The van der Waals surface area contributed by atoms with Gasteiger partial charge in [-0.2, -0.15) is 13.2 Å². The van der Waals surface area contributed by atoms with Gasteiger partial charge in [0.15, 0.2) is 6.61 Å². The lowest BCUT2D eigenvalue weighted by molar-refractivity contribution is -0.139. The molecule has 0 saturated carbocycles. The number of carboxylic acids is 1. The summed E-state index contributed by atoms with van der Waals surface area (Å²) in [4.78, 5) is 17.9. The van der Waals surface area contributed by atoms with Crippen molar-refractivity contribution >= 4 is 33.1 Å². The molecule has 4 nitrogen and oxygen atoms in total. The lowest BCUT2D eigenvalue weighted by atomic mass is 9.98. The topological polar surface area (TPSA) is 58.9 Å². The Morgan fingerprint density at radius 3 is 2.67 bits per heavy atom. The Morgan fingerprint density at radius 2 is 2.00 bits per heavy atom. The molecule has 1 aliphatic rings. The van der Waals surface area contributed by atoms with Crippen molar-refractivity contribution in [2.45, 2.75) is 58.2 Å². The molecule has 1 N–H and O–H groups in total. The maximum Gasteiger partial charge on any atom is 0.416 e. The van der Waals surface area contributed by atoms with Crippen LogP contribution in [0.2, 0.25) is 0 Å². The van der Waals surface area contributed by atoms with Crippen molar-refractivity contribution in [3.63, 3.8) is 0 Å². The summed E-state index contributed by atoms with van der Waals surface area (Å²) >= 11 is 1.29. The monoisotopic (exact) mass is 475 g/mol. The Hall–Kier alpha value is -2.87. The van der Waals surface area contributed by atoms with E-state index >= 15 is 0 Å². The molecule has 1 heterocycles. The summed E-state index contributed by atoms with van der Waals surface area (Å²) < 4.78 is 39.9. The van der Waals surface area contributed by atoms with Crippen molar-refractivity contribution in [3.8, 4) is 0 Å². The predicted molar refractivity (Wildman–Crippen MR) is 123 cm³/mol. The van der Waals surface area contributed by atoms with Crippen LogP contribution in [0.1, 0.15) is 71.7 Å². The van der Waals surface area contributed by atoms with Gasteiger partial charge in [-0.15, -0.1) is 11.3 Å². The highest BCUT2D eigenvalue weighted by atomic mass is 32.1. The predicted octanol–water partition coefficient (Wildman–Crippen LogP) is 7.10. The van der Waals surface area contributed by atoms with Gasteiger partial charge < -0.3 is 9.94 Å². The highest BCUT2D eigenvalue weighted by Gasteiger charge is 2.31. The Morgan fingerprint density at radius 1 is 1.24 bits per heavy atom. The van der Waals surface area contributed by atoms with E-state index in [0.717, 1.165) is 45.0 Å². The van der Waals surface area contributed by atoms with Crippen LogP contribution in [0, 0.1) is 0 Å². The Balaban J connectivity index is 1.57. The van der Waals surface area contributed by atoms with E-state index in [1.54, 1.807) is 6.92 Å². The molecule has 0 amide bonds. The largest absolute Gasteiger partial charge is 0.481 e. The molecule has 0 radical (unpaired) electrons. The molecule has 0 spiro atoms. The number of benzene rings is 2. The number of carboxylic acid groups (broad SMARTS) is 1. The fraction of sp³-hybridized carbons (Fsp3) is 0.360. The van der Waals surface area contributed by atoms with Gasteiger partial charge in [-0.1, -0.05) is 37.2 Å². The number of hydrogen-bond donors (Lipinski definition) is 1. The van der Waals surface area contributed by atoms with Crippen LogP contribution in [0.25, 0.3) is 10.1 Å². The SMILES string of the molecule is CC(=NOCc1sc2cc(C(F)(F)F)ccc2c1C(C)C)c1ccc2c(c1)C(C(=O)O)CC2.